The fraction of sp³-hybridized carbons (Fsp3) is 0.316. The molecule has 0 radical (unpaired) electrons. The molecule has 27 heavy (non-hydrogen) atoms. The zero-order valence-corrected chi connectivity index (χ0v) is 17.5. The summed E-state index contributed by atoms with van der Waals surface area (Å²) in [5.74, 6) is -1.25. The Hall–Kier alpha value is -1.42. The van der Waals surface area contributed by atoms with E-state index < -0.39 is 18.0 Å². The predicted molar refractivity (Wildman–Crippen MR) is 110 cm³/mol. The topological polar surface area (TPSA) is 70.6 Å². The number of halogens is 3. The summed E-state index contributed by atoms with van der Waals surface area (Å²) >= 11 is 8.06. The van der Waals surface area contributed by atoms with Crippen molar-refractivity contribution in [3.05, 3.63) is 55.9 Å². The van der Waals surface area contributed by atoms with Crippen molar-refractivity contribution in [2.75, 3.05) is 5.32 Å². The van der Waals surface area contributed by atoms with Gasteiger partial charge in [0, 0.05) is 15.2 Å². The monoisotopic (exact) mass is 504 g/mol. The number of carbonyl (C=O) groups is 1. The van der Waals surface area contributed by atoms with E-state index >= 15 is 0 Å². The highest BCUT2D eigenvalue weighted by Crippen LogP contribution is 2.31. The quantitative estimate of drug-likeness (QED) is 0.297. The largest absolute Gasteiger partial charge is 0.366 e. The van der Waals surface area contributed by atoms with Gasteiger partial charge in [0.1, 0.15) is 5.82 Å². The van der Waals surface area contributed by atoms with Gasteiger partial charge >= 0.3 is 0 Å². The first-order valence-electron chi connectivity index (χ1n) is 8.51. The number of hydrogen-bond donors (Lipinski definition) is 3. The Morgan fingerprint density at radius 2 is 2.07 bits per heavy atom. The van der Waals surface area contributed by atoms with Gasteiger partial charge in [-0.25, -0.2) is 14.7 Å². The molecule has 3 N–H and O–H groups in total. The SMILES string of the molecule is Cc1cc(I)ccc1Nc1cc(F)c(Cl)cc1C(=O)NOC(O)C1CCC1. The number of rotatable bonds is 6. The van der Waals surface area contributed by atoms with Crippen LogP contribution in [0.4, 0.5) is 15.8 Å². The Bertz CT molecular complexity index is 861. The second-order valence-corrected chi connectivity index (χ2v) is 8.18. The highest BCUT2D eigenvalue weighted by molar-refractivity contribution is 14.1. The van der Waals surface area contributed by atoms with Crippen molar-refractivity contribution < 1.29 is 19.1 Å². The number of nitrogens with one attached hydrogen (secondary N) is 2. The summed E-state index contributed by atoms with van der Waals surface area (Å²) in [6.07, 6.45) is 1.69. The lowest BCUT2D eigenvalue weighted by Crippen LogP contribution is -2.36. The molecule has 5 nitrogen and oxygen atoms in total. The molecule has 1 aliphatic carbocycles. The summed E-state index contributed by atoms with van der Waals surface area (Å²) < 4.78 is 15.1. The molecule has 0 saturated heterocycles. The molecule has 1 saturated carbocycles. The average Bonchev–Trinajstić information content (AvgIpc) is 2.56. The third-order valence-electron chi connectivity index (χ3n) is 4.59. The standard InChI is InChI=1S/C19H19ClFIN2O3/c1-10-7-12(22)5-6-16(10)23-17-9-15(21)14(20)8-13(17)18(25)24-27-19(26)11-3-2-4-11/h5-9,11,19,23,26H,2-4H2,1H3,(H,24,25). The second-order valence-electron chi connectivity index (χ2n) is 6.53. The number of amides is 1. The fourth-order valence-corrected chi connectivity index (χ4v) is 3.55. The third kappa shape index (κ3) is 4.90. The maximum Gasteiger partial charge on any atom is 0.277 e. The lowest BCUT2D eigenvalue weighted by molar-refractivity contribution is -0.178. The van der Waals surface area contributed by atoms with Crippen molar-refractivity contribution in [1.29, 1.82) is 0 Å². The Morgan fingerprint density at radius 3 is 2.70 bits per heavy atom. The minimum atomic E-state index is -1.06. The van der Waals surface area contributed by atoms with E-state index in [-0.39, 0.29) is 22.2 Å². The molecule has 2 aromatic rings. The molecule has 0 aliphatic heterocycles. The van der Waals surface area contributed by atoms with E-state index in [1.54, 1.807) is 0 Å². The van der Waals surface area contributed by atoms with Crippen LogP contribution in [0, 0.1) is 22.2 Å². The van der Waals surface area contributed by atoms with Crippen LogP contribution in [0.25, 0.3) is 0 Å². The zero-order chi connectivity index (χ0) is 19.6. The first-order chi connectivity index (χ1) is 12.8. The number of hydroxylamine groups is 1. The number of aliphatic hydroxyl groups is 1. The van der Waals surface area contributed by atoms with Gasteiger partial charge in [0.15, 0.2) is 6.29 Å². The maximum absolute atomic E-state index is 14.0. The van der Waals surface area contributed by atoms with E-state index in [1.807, 2.05) is 25.1 Å². The van der Waals surface area contributed by atoms with Crippen LogP contribution >= 0.6 is 34.2 Å². The maximum atomic E-state index is 14.0. The van der Waals surface area contributed by atoms with Crippen LogP contribution in [-0.4, -0.2) is 17.3 Å². The predicted octanol–water partition coefficient (Wildman–Crippen LogP) is 4.92. The summed E-state index contributed by atoms with van der Waals surface area (Å²) in [4.78, 5) is 17.6. The second kappa shape index (κ2) is 8.72. The molecule has 1 fully saturated rings. The number of carbonyl (C=O) groups excluding carboxylic acids is 1. The van der Waals surface area contributed by atoms with Crippen molar-refractivity contribution in [1.82, 2.24) is 5.48 Å². The van der Waals surface area contributed by atoms with Crippen molar-refractivity contribution in [2.24, 2.45) is 5.92 Å². The summed E-state index contributed by atoms with van der Waals surface area (Å²) in [5.41, 5.74) is 4.28. The normalized spacial score (nSPS) is 15.1. The number of benzene rings is 2. The summed E-state index contributed by atoms with van der Waals surface area (Å²) in [6, 6.07) is 8.11. The molecule has 8 heteroatoms. The Kier molecular flexibility index (Phi) is 6.56. The van der Waals surface area contributed by atoms with E-state index in [0.717, 1.165) is 40.1 Å². The van der Waals surface area contributed by atoms with Crippen molar-refractivity contribution >= 4 is 51.5 Å². The van der Waals surface area contributed by atoms with Crippen LogP contribution in [0.1, 0.15) is 35.2 Å². The molecule has 2 aromatic carbocycles. The van der Waals surface area contributed by atoms with Gasteiger partial charge in [-0.1, -0.05) is 18.0 Å². The lowest BCUT2D eigenvalue weighted by Gasteiger charge is -2.29. The Labute approximate surface area is 175 Å². The van der Waals surface area contributed by atoms with Gasteiger partial charge in [0.25, 0.3) is 5.91 Å². The first-order valence-corrected chi connectivity index (χ1v) is 9.97. The minimum Gasteiger partial charge on any atom is -0.366 e. The smallest absolute Gasteiger partial charge is 0.277 e. The Balaban J connectivity index is 1.80. The van der Waals surface area contributed by atoms with Crippen LogP contribution < -0.4 is 10.8 Å². The molecule has 0 heterocycles. The van der Waals surface area contributed by atoms with Crippen molar-refractivity contribution in [3.63, 3.8) is 0 Å². The van der Waals surface area contributed by atoms with Gasteiger partial charge in [-0.15, -0.1) is 0 Å². The van der Waals surface area contributed by atoms with Crippen molar-refractivity contribution in [2.45, 2.75) is 32.5 Å². The van der Waals surface area contributed by atoms with Gasteiger partial charge in [-0.3, -0.25) is 4.79 Å². The first kappa shape index (κ1) is 20.3. The highest BCUT2D eigenvalue weighted by Gasteiger charge is 2.27. The van der Waals surface area contributed by atoms with Crippen LogP contribution in [0.2, 0.25) is 5.02 Å². The molecule has 3 rings (SSSR count). The lowest BCUT2D eigenvalue weighted by atomic mass is 9.85. The van der Waals surface area contributed by atoms with Gasteiger partial charge in [0.2, 0.25) is 0 Å². The van der Waals surface area contributed by atoms with Crippen LogP contribution in [0.3, 0.4) is 0 Å². The van der Waals surface area contributed by atoms with Gasteiger partial charge in [-0.2, -0.15) is 0 Å². The molecule has 0 spiro atoms. The molecular formula is C19H19ClFIN2O3. The number of hydrogen-bond acceptors (Lipinski definition) is 4. The van der Waals surface area contributed by atoms with Crippen molar-refractivity contribution in [3.8, 4) is 0 Å². The number of aliphatic hydroxyl groups excluding tert-OH is 1. The van der Waals surface area contributed by atoms with E-state index in [1.165, 1.54) is 6.07 Å². The minimum absolute atomic E-state index is 0.0224. The van der Waals surface area contributed by atoms with Crippen LogP contribution in [0.15, 0.2) is 30.3 Å². The molecule has 1 amide bonds. The summed E-state index contributed by atoms with van der Waals surface area (Å²) in [7, 11) is 0. The zero-order valence-electron chi connectivity index (χ0n) is 14.6. The summed E-state index contributed by atoms with van der Waals surface area (Å²) in [6.45, 7) is 1.91. The molecular weight excluding hydrogens is 486 g/mol. The van der Waals surface area contributed by atoms with E-state index in [0.29, 0.717) is 0 Å². The number of aryl methyl sites for hydroxylation is 1. The van der Waals surface area contributed by atoms with E-state index in [2.05, 4.69) is 33.4 Å². The molecule has 144 valence electrons. The summed E-state index contributed by atoms with van der Waals surface area (Å²) in [5, 5.41) is 12.8. The third-order valence-corrected chi connectivity index (χ3v) is 5.55. The van der Waals surface area contributed by atoms with E-state index in [9.17, 15) is 14.3 Å². The van der Waals surface area contributed by atoms with Gasteiger partial charge in [0.05, 0.1) is 16.3 Å². The fourth-order valence-electron chi connectivity index (χ4n) is 2.74. The molecule has 1 atom stereocenters. The van der Waals surface area contributed by atoms with Gasteiger partial charge in [-0.05, 0) is 78.3 Å². The Morgan fingerprint density at radius 1 is 1.33 bits per heavy atom. The van der Waals surface area contributed by atoms with Crippen LogP contribution in [-0.2, 0) is 4.84 Å². The van der Waals surface area contributed by atoms with Crippen LogP contribution in [0.5, 0.6) is 0 Å². The highest BCUT2D eigenvalue weighted by atomic mass is 127. The molecule has 0 bridgehead atoms. The van der Waals surface area contributed by atoms with Gasteiger partial charge < -0.3 is 10.4 Å². The number of anilines is 2. The average molecular weight is 505 g/mol. The van der Waals surface area contributed by atoms with E-state index in [4.69, 9.17) is 16.4 Å². The molecule has 1 unspecified atom stereocenters. The molecule has 1 aliphatic rings. The molecule has 0 aromatic heterocycles.